The van der Waals surface area contributed by atoms with Gasteiger partial charge in [0, 0.05) is 52.0 Å². The van der Waals surface area contributed by atoms with Gasteiger partial charge in [-0.1, -0.05) is 29.8 Å². The maximum absolute atomic E-state index is 13.9. The second kappa shape index (κ2) is 9.49. The Labute approximate surface area is 204 Å². The molecule has 9 heteroatoms. The second-order valence-electron chi connectivity index (χ2n) is 8.03. The van der Waals surface area contributed by atoms with Crippen LogP contribution in [0, 0.1) is 17.6 Å². The topological polar surface area (TPSA) is 49.4 Å². The van der Waals surface area contributed by atoms with Crippen LogP contribution in [0.5, 0.6) is 0 Å². The van der Waals surface area contributed by atoms with E-state index in [2.05, 4.69) is 5.32 Å². The number of carbonyl (C=O) groups is 2. The number of hydrogen-bond donors (Lipinski definition) is 1. The zero-order chi connectivity index (χ0) is 23.8. The Morgan fingerprint density at radius 1 is 1.24 bits per heavy atom. The van der Waals surface area contributed by atoms with Gasteiger partial charge in [-0.25, -0.2) is 8.78 Å². The lowest BCUT2D eigenvalue weighted by atomic mass is 10.1. The van der Waals surface area contributed by atoms with Gasteiger partial charge in [0.25, 0.3) is 5.91 Å². The van der Waals surface area contributed by atoms with Gasteiger partial charge in [-0.15, -0.1) is 23.4 Å². The number of thioether (sulfide) groups is 1. The molecule has 0 radical (unpaired) electrons. The molecule has 0 saturated heterocycles. The molecule has 1 aliphatic heterocycles. The summed E-state index contributed by atoms with van der Waals surface area (Å²) in [5.74, 6) is -2.04. The van der Waals surface area contributed by atoms with Crippen LogP contribution < -0.4 is 10.2 Å². The van der Waals surface area contributed by atoms with Gasteiger partial charge >= 0.3 is 0 Å². The van der Waals surface area contributed by atoms with Gasteiger partial charge in [-0.05, 0) is 37.3 Å². The highest BCUT2D eigenvalue weighted by Gasteiger charge is 2.44. The highest BCUT2D eigenvalue weighted by molar-refractivity contribution is 8.01. The molecule has 0 fully saturated rings. The van der Waals surface area contributed by atoms with Crippen LogP contribution >= 0.6 is 35.0 Å². The van der Waals surface area contributed by atoms with Crippen molar-refractivity contribution in [2.45, 2.75) is 23.1 Å². The normalized spacial score (nSPS) is 21.7. The number of allylic oxidation sites excluding steroid dienone is 2. The molecule has 4 nitrogen and oxygen atoms in total. The van der Waals surface area contributed by atoms with E-state index in [-0.39, 0.29) is 29.8 Å². The number of amides is 2. The summed E-state index contributed by atoms with van der Waals surface area (Å²) < 4.78 is 26.1. The highest BCUT2D eigenvalue weighted by atomic mass is 35.5. The van der Waals surface area contributed by atoms with Gasteiger partial charge in [0.1, 0.15) is 16.4 Å². The van der Waals surface area contributed by atoms with Crippen LogP contribution in [0.3, 0.4) is 0 Å². The van der Waals surface area contributed by atoms with Crippen molar-refractivity contribution in [3.63, 3.8) is 0 Å². The molecule has 2 aliphatic rings. The van der Waals surface area contributed by atoms with Gasteiger partial charge in [0.05, 0.1) is 5.69 Å². The van der Waals surface area contributed by atoms with Crippen molar-refractivity contribution in [2.75, 3.05) is 17.3 Å². The van der Waals surface area contributed by atoms with Crippen LogP contribution in [-0.2, 0) is 11.3 Å². The predicted octanol–water partition coefficient (Wildman–Crippen LogP) is 5.64. The summed E-state index contributed by atoms with van der Waals surface area (Å²) in [6.07, 6.45) is 5.55. The van der Waals surface area contributed by atoms with Crippen LogP contribution in [0.25, 0.3) is 0 Å². The summed E-state index contributed by atoms with van der Waals surface area (Å²) in [5.41, 5.74) is 1.08. The molecule has 1 N–H and O–H groups in total. The van der Waals surface area contributed by atoms with Crippen LogP contribution in [-0.4, -0.2) is 29.0 Å². The first-order valence-corrected chi connectivity index (χ1v) is 11.9. The van der Waals surface area contributed by atoms with E-state index >= 15 is 0 Å². The Morgan fingerprint density at radius 3 is 2.70 bits per heavy atom. The molecule has 0 spiro atoms. The number of anilines is 1. The number of rotatable bonds is 6. The van der Waals surface area contributed by atoms with E-state index in [1.807, 2.05) is 12.2 Å². The lowest BCUT2D eigenvalue weighted by Gasteiger charge is -2.40. The molecule has 0 saturated carbocycles. The molecule has 2 amide bonds. The number of carbonyl (C=O) groups excluding carboxylic acids is 2. The Balaban J connectivity index is 1.60. The predicted molar refractivity (Wildman–Crippen MR) is 128 cm³/mol. The van der Waals surface area contributed by atoms with Crippen molar-refractivity contribution in [3.05, 3.63) is 82.4 Å². The van der Waals surface area contributed by atoms with E-state index < -0.39 is 22.3 Å². The number of hydrogen-bond acceptors (Lipinski definition) is 3. The van der Waals surface area contributed by atoms with Crippen molar-refractivity contribution in [2.24, 2.45) is 5.92 Å². The second-order valence-corrected chi connectivity index (χ2v) is 10.3. The summed E-state index contributed by atoms with van der Waals surface area (Å²) >= 11 is 13.8. The molecular weight excluding hydrogens is 489 g/mol. The summed E-state index contributed by atoms with van der Waals surface area (Å²) in [4.78, 5) is 28.6. The minimum Gasteiger partial charge on any atom is -0.348 e. The lowest BCUT2D eigenvalue weighted by molar-refractivity contribution is -0.120. The van der Waals surface area contributed by atoms with Crippen molar-refractivity contribution in [1.82, 2.24) is 5.32 Å². The highest BCUT2D eigenvalue weighted by Crippen LogP contribution is 2.47. The van der Waals surface area contributed by atoms with Crippen molar-refractivity contribution in [3.8, 4) is 0 Å². The number of nitrogens with one attached hydrogen (secondary N) is 1. The summed E-state index contributed by atoms with van der Waals surface area (Å²) in [6.45, 7) is 2.01. The molecule has 2 unspecified atom stereocenters. The molecule has 1 aliphatic carbocycles. The van der Waals surface area contributed by atoms with E-state index in [4.69, 9.17) is 23.2 Å². The Hall–Kier alpha value is -2.35. The fourth-order valence-corrected chi connectivity index (χ4v) is 5.33. The molecule has 0 bridgehead atoms. The van der Waals surface area contributed by atoms with Gasteiger partial charge < -0.3 is 10.2 Å². The molecule has 33 heavy (non-hydrogen) atoms. The first-order chi connectivity index (χ1) is 15.7. The molecule has 4 rings (SSSR count). The quantitative estimate of drug-likeness (QED) is 0.513. The fraction of sp³-hybridized carbons (Fsp3) is 0.250. The fourth-order valence-electron chi connectivity index (χ4n) is 3.69. The van der Waals surface area contributed by atoms with Gasteiger partial charge in [0.15, 0.2) is 0 Å². The first kappa shape index (κ1) is 23.8. The third-order valence-electron chi connectivity index (χ3n) is 5.59. The Kier molecular flexibility index (Phi) is 6.84. The van der Waals surface area contributed by atoms with Crippen molar-refractivity contribution < 1.29 is 18.4 Å². The molecule has 0 aromatic heterocycles. The largest absolute Gasteiger partial charge is 0.348 e. The first-order valence-electron chi connectivity index (χ1n) is 10.2. The maximum Gasteiger partial charge on any atom is 0.251 e. The van der Waals surface area contributed by atoms with Crippen LogP contribution in [0.15, 0.2) is 64.6 Å². The monoisotopic (exact) mass is 508 g/mol. The van der Waals surface area contributed by atoms with E-state index in [9.17, 15) is 18.4 Å². The zero-order valence-corrected chi connectivity index (χ0v) is 19.9. The van der Waals surface area contributed by atoms with E-state index in [0.717, 1.165) is 17.0 Å². The number of alkyl halides is 1. The summed E-state index contributed by atoms with van der Waals surface area (Å²) in [6, 6.07) is 8.25. The van der Waals surface area contributed by atoms with Crippen LogP contribution in [0.2, 0.25) is 0 Å². The Bertz CT molecular complexity index is 1190. The number of nitrogens with zero attached hydrogens (tertiary/aromatic N) is 1. The minimum absolute atomic E-state index is 0.100. The third kappa shape index (κ3) is 4.81. The van der Waals surface area contributed by atoms with Gasteiger partial charge in [-0.3, -0.25) is 9.59 Å². The molecule has 2 atom stereocenters. The van der Waals surface area contributed by atoms with E-state index in [1.54, 1.807) is 36.1 Å². The summed E-state index contributed by atoms with van der Waals surface area (Å²) in [7, 11) is 0. The maximum atomic E-state index is 13.9. The third-order valence-corrected chi connectivity index (χ3v) is 8.02. The number of benzene rings is 2. The minimum atomic E-state index is -0.850. The van der Waals surface area contributed by atoms with Crippen molar-refractivity contribution >= 4 is 52.5 Å². The van der Waals surface area contributed by atoms with Gasteiger partial charge in [0.2, 0.25) is 5.91 Å². The van der Waals surface area contributed by atoms with E-state index in [1.165, 1.54) is 17.8 Å². The Morgan fingerprint density at radius 2 is 2.03 bits per heavy atom. The smallest absolute Gasteiger partial charge is 0.251 e. The van der Waals surface area contributed by atoms with Crippen LogP contribution in [0.1, 0.15) is 22.8 Å². The van der Waals surface area contributed by atoms with Crippen LogP contribution in [0.4, 0.5) is 14.5 Å². The summed E-state index contributed by atoms with van der Waals surface area (Å²) in [5, 5.41) is 3.27. The SMILES string of the molecule is CC1(CCl)Sc2ccc(C(=O)NCc3ccc(F)cc3F)cc2N(CC2C=CC=C2Cl)C1=O. The average molecular weight is 509 g/mol. The van der Waals surface area contributed by atoms with Crippen molar-refractivity contribution in [1.29, 1.82) is 0 Å². The molecule has 1 heterocycles. The lowest BCUT2D eigenvalue weighted by Crippen LogP contribution is -2.50. The van der Waals surface area contributed by atoms with E-state index in [0.29, 0.717) is 22.8 Å². The molecule has 172 valence electrons. The number of halogens is 4. The zero-order valence-electron chi connectivity index (χ0n) is 17.6. The molecule has 2 aromatic carbocycles. The number of fused-ring (bicyclic) bond motifs is 1. The molecular formula is C24H20Cl2F2N2O2S. The molecule has 2 aromatic rings. The average Bonchev–Trinajstić information content (AvgIpc) is 3.20. The standard InChI is InChI=1S/C24H20Cl2F2N2O2S/c1-24(13-25)23(32)30(12-16-3-2-4-18(16)26)20-9-14(6-8-21(20)33-24)22(31)29-11-15-5-7-17(27)10-19(15)28/h2-10,16H,11-13H2,1H3,(H,29,31). The van der Waals surface area contributed by atoms with Gasteiger partial charge in [-0.2, -0.15) is 0 Å².